The molecule has 0 aliphatic carbocycles. The molecule has 8 heteroatoms. The van der Waals surface area contributed by atoms with Gasteiger partial charge in [-0.2, -0.15) is 0 Å². The van der Waals surface area contributed by atoms with Crippen molar-refractivity contribution in [3.8, 4) is 5.75 Å². The van der Waals surface area contributed by atoms with Crippen molar-refractivity contribution >= 4 is 29.3 Å². The van der Waals surface area contributed by atoms with E-state index in [0.717, 1.165) is 0 Å². The van der Waals surface area contributed by atoms with Crippen LogP contribution in [0.25, 0.3) is 0 Å². The fourth-order valence-corrected chi connectivity index (χ4v) is 2.67. The predicted octanol–water partition coefficient (Wildman–Crippen LogP) is 3.80. The number of anilines is 2. The van der Waals surface area contributed by atoms with Crippen LogP contribution < -0.4 is 20.7 Å². The number of carbonyl (C=O) groups excluding carboxylic acids is 3. The largest absolute Gasteiger partial charge is 0.494 e. The highest BCUT2D eigenvalue weighted by Gasteiger charge is 2.29. The number of benzene rings is 2. The highest BCUT2D eigenvalue weighted by atomic mass is 16.5. The van der Waals surface area contributed by atoms with Crippen molar-refractivity contribution in [3.05, 3.63) is 54.6 Å². The van der Waals surface area contributed by atoms with Crippen molar-refractivity contribution in [2.75, 3.05) is 17.2 Å². The number of hydrogen-bond acceptors (Lipinski definition) is 5. The van der Waals surface area contributed by atoms with Crippen LogP contribution in [0.5, 0.6) is 5.75 Å². The minimum Gasteiger partial charge on any atom is -0.494 e. The molecule has 0 aliphatic rings. The summed E-state index contributed by atoms with van der Waals surface area (Å²) in [6.07, 6.45) is -1.04. The van der Waals surface area contributed by atoms with Gasteiger partial charge in [-0.15, -0.1) is 0 Å². The maximum absolute atomic E-state index is 12.6. The molecule has 0 saturated carbocycles. The fourth-order valence-electron chi connectivity index (χ4n) is 2.67. The average molecular weight is 428 g/mol. The molecule has 2 rings (SSSR count). The lowest BCUT2D eigenvalue weighted by atomic mass is 10.0. The first-order valence-corrected chi connectivity index (χ1v) is 10.2. The Kier molecular flexibility index (Phi) is 8.87. The van der Waals surface area contributed by atoms with E-state index in [-0.39, 0.29) is 5.92 Å². The molecular formula is C23H29N3O5. The van der Waals surface area contributed by atoms with Crippen molar-refractivity contribution in [3.63, 3.8) is 0 Å². The SMILES string of the molecule is CCOc1ccc(NC(=O)[C@@H](C)OC(=O)[C@H](NC(=O)Nc2ccccc2)C(C)C)cc1. The second-order valence-corrected chi connectivity index (χ2v) is 7.21. The molecule has 2 aromatic carbocycles. The Morgan fingerprint density at radius 3 is 2.06 bits per heavy atom. The summed E-state index contributed by atoms with van der Waals surface area (Å²) in [5.74, 6) is -0.712. The van der Waals surface area contributed by atoms with Crippen LogP contribution in [0.2, 0.25) is 0 Å². The van der Waals surface area contributed by atoms with Gasteiger partial charge in [0.1, 0.15) is 11.8 Å². The van der Waals surface area contributed by atoms with Crippen LogP contribution in [0.4, 0.5) is 16.2 Å². The van der Waals surface area contributed by atoms with Crippen LogP contribution >= 0.6 is 0 Å². The Balaban J connectivity index is 1.91. The van der Waals surface area contributed by atoms with Crippen molar-refractivity contribution < 1.29 is 23.9 Å². The van der Waals surface area contributed by atoms with Crippen molar-refractivity contribution in [2.45, 2.75) is 39.8 Å². The van der Waals surface area contributed by atoms with Crippen LogP contribution in [0, 0.1) is 5.92 Å². The average Bonchev–Trinajstić information content (AvgIpc) is 2.74. The summed E-state index contributed by atoms with van der Waals surface area (Å²) >= 11 is 0. The number of nitrogens with one attached hydrogen (secondary N) is 3. The second kappa shape index (κ2) is 11.6. The number of amides is 3. The van der Waals surface area contributed by atoms with E-state index in [2.05, 4.69) is 16.0 Å². The monoisotopic (exact) mass is 427 g/mol. The molecule has 0 unspecified atom stereocenters. The van der Waals surface area contributed by atoms with Crippen LogP contribution in [-0.2, 0) is 14.3 Å². The minimum absolute atomic E-state index is 0.240. The molecule has 2 atom stereocenters. The molecule has 0 aromatic heterocycles. The van der Waals surface area contributed by atoms with Gasteiger partial charge in [0.25, 0.3) is 5.91 Å². The number of esters is 1. The molecule has 0 radical (unpaired) electrons. The van der Waals surface area contributed by atoms with Gasteiger partial charge in [-0.25, -0.2) is 9.59 Å². The Labute approximate surface area is 182 Å². The van der Waals surface area contributed by atoms with Gasteiger partial charge in [0.2, 0.25) is 0 Å². The van der Waals surface area contributed by atoms with Gasteiger partial charge >= 0.3 is 12.0 Å². The molecule has 31 heavy (non-hydrogen) atoms. The Bertz CT molecular complexity index is 869. The fraction of sp³-hybridized carbons (Fsp3) is 0.348. The standard InChI is InChI=1S/C23H29N3O5/c1-5-30-19-13-11-18(12-14-19)24-21(27)16(4)31-22(28)20(15(2)3)26-23(29)25-17-9-7-6-8-10-17/h6-16,20H,5H2,1-4H3,(H,24,27)(H2,25,26,29)/t16-,20-/m1/s1. The zero-order chi connectivity index (χ0) is 22.8. The maximum atomic E-state index is 12.6. The number of urea groups is 1. The molecule has 0 fully saturated rings. The highest BCUT2D eigenvalue weighted by molar-refractivity contribution is 5.96. The molecule has 8 nitrogen and oxygen atoms in total. The second-order valence-electron chi connectivity index (χ2n) is 7.21. The smallest absolute Gasteiger partial charge is 0.329 e. The Morgan fingerprint density at radius 1 is 0.871 bits per heavy atom. The molecule has 166 valence electrons. The number of carbonyl (C=O) groups is 3. The van der Waals surface area contributed by atoms with Crippen molar-refractivity contribution in [2.24, 2.45) is 5.92 Å². The molecule has 2 aromatic rings. The molecular weight excluding hydrogens is 398 g/mol. The molecule has 0 heterocycles. The van der Waals surface area contributed by atoms with Gasteiger partial charge in [0, 0.05) is 11.4 Å². The molecule has 0 spiro atoms. The predicted molar refractivity (Wildman–Crippen MR) is 119 cm³/mol. The van der Waals surface area contributed by atoms with Crippen LogP contribution in [0.3, 0.4) is 0 Å². The third kappa shape index (κ3) is 7.65. The first-order valence-electron chi connectivity index (χ1n) is 10.2. The minimum atomic E-state index is -1.04. The summed E-state index contributed by atoms with van der Waals surface area (Å²) in [5, 5.41) is 7.95. The van der Waals surface area contributed by atoms with Gasteiger partial charge in [0.15, 0.2) is 6.10 Å². The number of para-hydroxylation sites is 1. The van der Waals surface area contributed by atoms with Gasteiger partial charge in [0.05, 0.1) is 6.61 Å². The summed E-state index contributed by atoms with van der Waals surface area (Å²) in [4.78, 5) is 37.2. The molecule has 3 amide bonds. The summed E-state index contributed by atoms with van der Waals surface area (Å²) in [6, 6.07) is 14.3. The van der Waals surface area contributed by atoms with Crippen molar-refractivity contribution in [1.82, 2.24) is 5.32 Å². The van der Waals surface area contributed by atoms with Gasteiger partial charge < -0.3 is 25.4 Å². The van der Waals surface area contributed by atoms with Crippen molar-refractivity contribution in [1.29, 1.82) is 0 Å². The van der Waals surface area contributed by atoms with E-state index >= 15 is 0 Å². The van der Waals surface area contributed by atoms with Crippen LogP contribution in [0.1, 0.15) is 27.7 Å². The molecule has 0 bridgehead atoms. The molecule has 0 aliphatic heterocycles. The summed E-state index contributed by atoms with van der Waals surface area (Å²) in [5.41, 5.74) is 1.15. The van der Waals surface area contributed by atoms with E-state index in [9.17, 15) is 14.4 Å². The van der Waals surface area contributed by atoms with E-state index in [0.29, 0.717) is 23.7 Å². The summed E-state index contributed by atoms with van der Waals surface area (Å²) in [6.45, 7) is 7.46. The topological polar surface area (TPSA) is 106 Å². The van der Waals surface area contributed by atoms with Crippen LogP contribution in [0.15, 0.2) is 54.6 Å². The third-order valence-electron chi connectivity index (χ3n) is 4.33. The summed E-state index contributed by atoms with van der Waals surface area (Å²) < 4.78 is 10.7. The van der Waals surface area contributed by atoms with E-state index in [1.165, 1.54) is 6.92 Å². The number of rotatable bonds is 9. The summed E-state index contributed by atoms with van der Waals surface area (Å²) in [7, 11) is 0. The lowest BCUT2D eigenvalue weighted by Gasteiger charge is -2.23. The van der Waals surface area contributed by atoms with Gasteiger partial charge in [-0.05, 0) is 56.2 Å². The maximum Gasteiger partial charge on any atom is 0.329 e. The van der Waals surface area contributed by atoms with Gasteiger partial charge in [-0.1, -0.05) is 32.0 Å². The van der Waals surface area contributed by atoms with E-state index in [1.807, 2.05) is 13.0 Å². The van der Waals surface area contributed by atoms with E-state index in [4.69, 9.17) is 9.47 Å². The molecule has 0 saturated heterocycles. The van der Waals surface area contributed by atoms with E-state index < -0.39 is 30.1 Å². The number of hydrogen-bond donors (Lipinski definition) is 3. The lowest BCUT2D eigenvalue weighted by Crippen LogP contribution is -2.48. The van der Waals surface area contributed by atoms with E-state index in [1.54, 1.807) is 62.4 Å². The highest BCUT2D eigenvalue weighted by Crippen LogP contribution is 2.16. The van der Waals surface area contributed by atoms with Gasteiger partial charge in [-0.3, -0.25) is 4.79 Å². The Morgan fingerprint density at radius 2 is 1.48 bits per heavy atom. The zero-order valence-electron chi connectivity index (χ0n) is 18.2. The third-order valence-corrected chi connectivity index (χ3v) is 4.33. The van der Waals surface area contributed by atoms with Crippen LogP contribution in [-0.4, -0.2) is 36.7 Å². The lowest BCUT2D eigenvalue weighted by molar-refractivity contribution is -0.156. The molecule has 3 N–H and O–H groups in total. The first-order chi connectivity index (χ1) is 14.8. The first kappa shape index (κ1) is 23.7. The Hall–Kier alpha value is -3.55. The number of ether oxygens (including phenoxy) is 2. The normalized spacial score (nSPS) is 12.4. The zero-order valence-corrected chi connectivity index (χ0v) is 18.2. The quantitative estimate of drug-likeness (QED) is 0.528.